The highest BCUT2D eigenvalue weighted by atomic mass is 32.2. The molecule has 1 aromatic carbocycles. The molecule has 4 aliphatic rings. The van der Waals surface area contributed by atoms with Crippen molar-refractivity contribution >= 4 is 28.7 Å². The average molecular weight is 589 g/mol. The van der Waals surface area contributed by atoms with Crippen molar-refractivity contribution in [1.29, 1.82) is 0 Å². The summed E-state index contributed by atoms with van der Waals surface area (Å²) in [6, 6.07) is 3.86. The highest BCUT2D eigenvalue weighted by Gasteiger charge is 2.59. The smallest absolute Gasteiger partial charge is 0.191 e. The minimum atomic E-state index is -0.848. The Labute approximate surface area is 240 Å². The standard InChI is InChI=1S/C28H34F2N6O4S/c1-2-11-41-27-32-25(31-19-13-16(19)15-5-6-17(29)18(30)12-15)22-26(33-27)36(35-34-22)20-14-21(38-10-9-37)24-23(20)39-28(40-24)7-3-4-8-28/h5-6,12,16,19-21,23-24,37H,2-4,7-11,13-14H2,1H3,(H,31,32,33)/t16-,19?,20?,21+,23+,24?/m1/s1. The first-order valence-corrected chi connectivity index (χ1v) is 15.5. The normalized spacial score (nSPS) is 30.0. The minimum absolute atomic E-state index is 0.00745. The summed E-state index contributed by atoms with van der Waals surface area (Å²) in [4.78, 5) is 9.66. The van der Waals surface area contributed by atoms with Gasteiger partial charge in [-0.2, -0.15) is 0 Å². The summed E-state index contributed by atoms with van der Waals surface area (Å²) >= 11 is 1.57. The minimum Gasteiger partial charge on any atom is -0.394 e. The number of halogens is 2. The zero-order valence-electron chi connectivity index (χ0n) is 22.8. The summed E-state index contributed by atoms with van der Waals surface area (Å²) in [5.74, 6) is -0.794. The number of aromatic nitrogens is 5. The van der Waals surface area contributed by atoms with Crippen LogP contribution in [0.25, 0.3) is 11.2 Å². The van der Waals surface area contributed by atoms with Crippen LogP contribution in [0.15, 0.2) is 23.4 Å². The molecule has 4 fully saturated rings. The molecule has 0 amide bonds. The van der Waals surface area contributed by atoms with Crippen molar-refractivity contribution in [3.63, 3.8) is 0 Å². The fourth-order valence-corrected chi connectivity index (χ4v) is 7.23. The lowest BCUT2D eigenvalue weighted by Gasteiger charge is -2.26. The van der Waals surface area contributed by atoms with E-state index in [0.717, 1.165) is 49.8 Å². The van der Waals surface area contributed by atoms with Gasteiger partial charge in [0.1, 0.15) is 12.2 Å². The number of aliphatic hydroxyl groups excluding tert-OH is 1. The number of nitrogens with zero attached hydrogens (tertiary/aromatic N) is 5. The van der Waals surface area contributed by atoms with Crippen molar-refractivity contribution in [3.05, 3.63) is 35.4 Å². The van der Waals surface area contributed by atoms with Gasteiger partial charge in [0, 0.05) is 37.0 Å². The second kappa shape index (κ2) is 11.0. The van der Waals surface area contributed by atoms with Crippen molar-refractivity contribution in [3.8, 4) is 0 Å². The lowest BCUT2D eigenvalue weighted by Crippen LogP contribution is -2.32. The van der Waals surface area contributed by atoms with Crippen molar-refractivity contribution in [1.82, 2.24) is 25.0 Å². The van der Waals surface area contributed by atoms with Crippen molar-refractivity contribution < 1.29 is 28.1 Å². The van der Waals surface area contributed by atoms with Crippen LogP contribution in [0.5, 0.6) is 0 Å². The Morgan fingerprint density at radius 1 is 1.15 bits per heavy atom. The van der Waals surface area contributed by atoms with Gasteiger partial charge < -0.3 is 24.6 Å². The van der Waals surface area contributed by atoms with Gasteiger partial charge in [-0.25, -0.2) is 23.4 Å². The third-order valence-corrected chi connectivity index (χ3v) is 9.62. The molecule has 13 heteroatoms. The molecule has 1 saturated heterocycles. The number of benzene rings is 1. The Kier molecular flexibility index (Phi) is 7.34. The number of hydrogen-bond acceptors (Lipinski definition) is 10. The van der Waals surface area contributed by atoms with Gasteiger partial charge in [-0.3, -0.25) is 0 Å². The number of aliphatic hydroxyl groups is 1. The van der Waals surface area contributed by atoms with E-state index < -0.39 is 17.4 Å². The Morgan fingerprint density at radius 3 is 2.76 bits per heavy atom. The molecule has 1 spiro atoms. The molecule has 220 valence electrons. The summed E-state index contributed by atoms with van der Waals surface area (Å²) in [7, 11) is 0. The molecule has 6 atom stereocenters. The number of nitrogens with one attached hydrogen (secondary N) is 1. The van der Waals surface area contributed by atoms with Crippen LogP contribution in [0.2, 0.25) is 0 Å². The predicted molar refractivity (Wildman–Crippen MR) is 147 cm³/mol. The van der Waals surface area contributed by atoms with Gasteiger partial charge >= 0.3 is 0 Å². The second-order valence-corrected chi connectivity index (χ2v) is 12.5. The molecule has 0 bridgehead atoms. The highest BCUT2D eigenvalue weighted by molar-refractivity contribution is 7.99. The first-order valence-electron chi connectivity index (χ1n) is 14.5. The lowest BCUT2D eigenvalue weighted by molar-refractivity contribution is -0.190. The van der Waals surface area contributed by atoms with E-state index in [1.807, 2.05) is 4.68 Å². The zero-order chi connectivity index (χ0) is 28.1. The topological polar surface area (TPSA) is 116 Å². The van der Waals surface area contributed by atoms with Crippen molar-refractivity contribution in [2.75, 3.05) is 24.3 Å². The Bertz CT molecular complexity index is 1420. The summed E-state index contributed by atoms with van der Waals surface area (Å²) in [5.41, 5.74) is 1.90. The maximum Gasteiger partial charge on any atom is 0.191 e. The van der Waals surface area contributed by atoms with Crippen LogP contribution in [-0.4, -0.2) is 79.2 Å². The van der Waals surface area contributed by atoms with Crippen LogP contribution in [-0.2, 0) is 14.2 Å². The Balaban J connectivity index is 1.20. The molecule has 3 heterocycles. The van der Waals surface area contributed by atoms with E-state index in [1.54, 1.807) is 17.8 Å². The fourth-order valence-electron chi connectivity index (χ4n) is 6.54. The summed E-state index contributed by atoms with van der Waals surface area (Å²) < 4.78 is 48.3. The molecule has 3 aromatic rings. The third-order valence-electron chi connectivity index (χ3n) is 8.57. The molecule has 10 nitrogen and oxygen atoms in total. The summed E-state index contributed by atoms with van der Waals surface area (Å²) in [6.45, 7) is 2.27. The number of thioether (sulfide) groups is 1. The molecule has 3 unspecified atom stereocenters. The van der Waals surface area contributed by atoms with Gasteiger partial charge in [-0.1, -0.05) is 30.0 Å². The molecule has 7 rings (SSSR count). The first-order chi connectivity index (χ1) is 20.0. The Hall–Kier alpha value is -2.45. The number of anilines is 1. The SMILES string of the molecule is CCCSc1nc(NC2C[C@@H]2c2ccc(F)c(F)c2)c2nnn(C3C[C@H](OCCO)C4OC5(CCCC5)O[C@H]43)c2n1. The molecule has 2 N–H and O–H groups in total. The maximum atomic E-state index is 13.9. The van der Waals surface area contributed by atoms with Crippen LogP contribution >= 0.6 is 11.8 Å². The van der Waals surface area contributed by atoms with Crippen LogP contribution in [0.4, 0.5) is 14.6 Å². The number of ether oxygens (including phenoxy) is 3. The van der Waals surface area contributed by atoms with Gasteiger partial charge in [0.05, 0.1) is 25.4 Å². The van der Waals surface area contributed by atoms with E-state index >= 15 is 0 Å². The van der Waals surface area contributed by atoms with E-state index in [4.69, 9.17) is 24.2 Å². The monoisotopic (exact) mass is 588 g/mol. The van der Waals surface area contributed by atoms with Crippen LogP contribution < -0.4 is 5.32 Å². The highest BCUT2D eigenvalue weighted by Crippen LogP contribution is 2.51. The molecule has 3 aliphatic carbocycles. The van der Waals surface area contributed by atoms with E-state index in [9.17, 15) is 13.9 Å². The maximum absolute atomic E-state index is 13.9. The zero-order valence-corrected chi connectivity index (χ0v) is 23.7. The Morgan fingerprint density at radius 2 is 1.98 bits per heavy atom. The van der Waals surface area contributed by atoms with Crippen LogP contribution in [0.3, 0.4) is 0 Å². The quantitative estimate of drug-likeness (QED) is 0.262. The number of rotatable bonds is 10. The van der Waals surface area contributed by atoms with Gasteiger partial charge in [0.25, 0.3) is 0 Å². The molecule has 41 heavy (non-hydrogen) atoms. The van der Waals surface area contributed by atoms with Crippen molar-refractivity contribution in [2.45, 2.75) is 99.1 Å². The molecule has 2 aromatic heterocycles. The summed E-state index contributed by atoms with van der Waals surface area (Å²) in [6.07, 6.45) is 5.38. The number of hydrogen-bond donors (Lipinski definition) is 2. The van der Waals surface area contributed by atoms with E-state index in [-0.39, 0.29) is 49.5 Å². The molecule has 1 aliphatic heterocycles. The summed E-state index contributed by atoms with van der Waals surface area (Å²) in [5, 5.41) is 22.6. The lowest BCUT2D eigenvalue weighted by atomic mass is 10.1. The van der Waals surface area contributed by atoms with Gasteiger partial charge in [-0.05, 0) is 43.4 Å². The largest absolute Gasteiger partial charge is 0.394 e. The van der Waals surface area contributed by atoms with E-state index in [2.05, 4.69) is 22.6 Å². The third kappa shape index (κ3) is 5.09. The van der Waals surface area contributed by atoms with Crippen LogP contribution in [0, 0.1) is 11.6 Å². The predicted octanol–water partition coefficient (Wildman–Crippen LogP) is 4.35. The van der Waals surface area contributed by atoms with Crippen molar-refractivity contribution in [2.24, 2.45) is 0 Å². The molecule has 0 radical (unpaired) electrons. The molecular formula is C28H34F2N6O4S. The van der Waals surface area contributed by atoms with Gasteiger partial charge in [-0.15, -0.1) is 5.10 Å². The fraction of sp³-hybridized carbons (Fsp3) is 0.643. The second-order valence-electron chi connectivity index (χ2n) is 11.4. The van der Waals surface area contributed by atoms with E-state index in [1.165, 1.54) is 12.1 Å². The molecular weight excluding hydrogens is 554 g/mol. The van der Waals surface area contributed by atoms with Crippen LogP contribution in [0.1, 0.15) is 69.4 Å². The molecule has 3 saturated carbocycles. The first kappa shape index (κ1) is 27.4. The van der Waals surface area contributed by atoms with Gasteiger partial charge in [0.15, 0.2) is 39.6 Å². The number of fused-ring (bicyclic) bond motifs is 2. The van der Waals surface area contributed by atoms with E-state index in [0.29, 0.717) is 28.6 Å². The van der Waals surface area contributed by atoms with Gasteiger partial charge in [0.2, 0.25) is 0 Å². The average Bonchev–Trinajstić information content (AvgIpc) is 3.32.